The van der Waals surface area contributed by atoms with Crippen molar-refractivity contribution in [2.45, 2.75) is 52.8 Å². The molecule has 4 heteroatoms. The Kier molecular flexibility index (Phi) is 8.81. The second-order valence-electron chi connectivity index (χ2n) is 7.91. The average molecular weight is 438 g/mol. The van der Waals surface area contributed by atoms with Gasteiger partial charge in [-0.1, -0.05) is 71.8 Å². The van der Waals surface area contributed by atoms with Gasteiger partial charge in [-0.2, -0.15) is 0 Å². The van der Waals surface area contributed by atoms with Crippen LogP contribution in [0.3, 0.4) is 0 Å². The van der Waals surface area contributed by atoms with E-state index in [4.69, 9.17) is 21.1 Å². The lowest BCUT2D eigenvalue weighted by molar-refractivity contribution is 0.269. The molecule has 1 N–H and O–H groups in total. The second-order valence-corrected chi connectivity index (χ2v) is 8.31. The second kappa shape index (κ2) is 11.8. The van der Waals surface area contributed by atoms with Gasteiger partial charge in [-0.3, -0.25) is 0 Å². The van der Waals surface area contributed by atoms with Crippen molar-refractivity contribution < 1.29 is 9.47 Å². The molecule has 0 amide bonds. The number of ether oxygens (including phenoxy) is 2. The minimum Gasteiger partial charge on any atom is -0.490 e. The molecule has 0 radical (unpaired) electrons. The van der Waals surface area contributed by atoms with Crippen molar-refractivity contribution in [1.29, 1.82) is 0 Å². The Morgan fingerprint density at radius 2 is 1.65 bits per heavy atom. The predicted molar refractivity (Wildman–Crippen MR) is 129 cm³/mol. The molecule has 3 aromatic rings. The van der Waals surface area contributed by atoms with Crippen LogP contribution in [-0.2, 0) is 19.6 Å². The van der Waals surface area contributed by atoms with Crippen LogP contribution in [-0.4, -0.2) is 12.6 Å². The largest absolute Gasteiger partial charge is 0.490 e. The maximum absolute atomic E-state index is 6.59. The molecule has 0 aliphatic carbocycles. The Balaban J connectivity index is 1.60. The van der Waals surface area contributed by atoms with Crippen LogP contribution < -0.4 is 14.8 Å². The van der Waals surface area contributed by atoms with Gasteiger partial charge in [0.05, 0.1) is 6.61 Å². The maximum Gasteiger partial charge on any atom is 0.163 e. The summed E-state index contributed by atoms with van der Waals surface area (Å²) in [6.45, 7) is 8.00. The van der Waals surface area contributed by atoms with Gasteiger partial charge in [0.1, 0.15) is 6.61 Å². The summed E-state index contributed by atoms with van der Waals surface area (Å²) in [7, 11) is 0. The van der Waals surface area contributed by atoms with E-state index in [1.807, 2.05) is 25.1 Å². The van der Waals surface area contributed by atoms with E-state index >= 15 is 0 Å². The summed E-state index contributed by atoms with van der Waals surface area (Å²) < 4.78 is 11.9. The summed E-state index contributed by atoms with van der Waals surface area (Å²) >= 11 is 6.59. The molecule has 1 atom stereocenters. The lowest BCUT2D eigenvalue weighted by Gasteiger charge is -2.17. The number of hydrogen-bond donors (Lipinski definition) is 1. The standard InChI is InChI=1S/C27H32ClNO2/c1-4-30-26-16-24(18-29-21(3)13-14-22-10-6-5-7-11-22)25(28)17-27(26)31-19-23-12-8-9-20(2)15-23/h5-12,15-17,21,29H,4,13-14,18-19H2,1-3H3. The van der Waals surface area contributed by atoms with Gasteiger partial charge in [0.25, 0.3) is 0 Å². The molecule has 0 bridgehead atoms. The monoisotopic (exact) mass is 437 g/mol. The average Bonchev–Trinajstić information content (AvgIpc) is 2.77. The normalized spacial score (nSPS) is 11.9. The van der Waals surface area contributed by atoms with Crippen molar-refractivity contribution in [2.24, 2.45) is 0 Å². The van der Waals surface area contributed by atoms with Crippen molar-refractivity contribution in [3.05, 3.63) is 94.0 Å². The summed E-state index contributed by atoms with van der Waals surface area (Å²) in [6.07, 6.45) is 2.12. The molecule has 1 unspecified atom stereocenters. The zero-order valence-corrected chi connectivity index (χ0v) is 19.4. The molecule has 0 aliphatic heterocycles. The highest BCUT2D eigenvalue weighted by atomic mass is 35.5. The Morgan fingerprint density at radius 3 is 2.39 bits per heavy atom. The van der Waals surface area contributed by atoms with Crippen LogP contribution in [0.5, 0.6) is 11.5 Å². The van der Waals surface area contributed by atoms with Gasteiger partial charge in [-0.15, -0.1) is 0 Å². The van der Waals surface area contributed by atoms with E-state index in [0.717, 1.165) is 29.7 Å². The summed E-state index contributed by atoms with van der Waals surface area (Å²) in [5.74, 6) is 1.41. The van der Waals surface area contributed by atoms with Crippen LogP contribution in [0.4, 0.5) is 0 Å². The van der Waals surface area contributed by atoms with E-state index in [9.17, 15) is 0 Å². The Hall–Kier alpha value is -2.49. The van der Waals surface area contributed by atoms with E-state index in [2.05, 4.69) is 67.7 Å². The zero-order valence-electron chi connectivity index (χ0n) is 18.7. The molecular weight excluding hydrogens is 406 g/mol. The first-order valence-electron chi connectivity index (χ1n) is 11.0. The molecule has 31 heavy (non-hydrogen) atoms. The smallest absolute Gasteiger partial charge is 0.163 e. The maximum atomic E-state index is 6.59. The van der Waals surface area contributed by atoms with E-state index in [0.29, 0.717) is 36.6 Å². The summed E-state index contributed by atoms with van der Waals surface area (Å²) in [5.41, 5.74) is 4.71. The number of rotatable bonds is 11. The van der Waals surface area contributed by atoms with Crippen LogP contribution in [0.25, 0.3) is 0 Å². The first-order valence-corrected chi connectivity index (χ1v) is 11.3. The number of halogens is 1. The third-order valence-corrected chi connectivity index (χ3v) is 5.59. The highest BCUT2D eigenvalue weighted by Gasteiger charge is 2.13. The van der Waals surface area contributed by atoms with E-state index in [1.165, 1.54) is 11.1 Å². The summed E-state index contributed by atoms with van der Waals surface area (Å²) in [5, 5.41) is 4.27. The molecule has 0 saturated carbocycles. The van der Waals surface area contributed by atoms with Crippen LogP contribution in [0.15, 0.2) is 66.7 Å². The fraction of sp³-hybridized carbons (Fsp3) is 0.333. The lowest BCUT2D eigenvalue weighted by atomic mass is 10.1. The molecule has 0 saturated heterocycles. The molecule has 3 rings (SSSR count). The fourth-order valence-electron chi connectivity index (χ4n) is 3.47. The highest BCUT2D eigenvalue weighted by molar-refractivity contribution is 6.31. The molecule has 0 heterocycles. The van der Waals surface area contributed by atoms with Gasteiger partial charge in [-0.05, 0) is 56.4 Å². The zero-order chi connectivity index (χ0) is 22.1. The number of nitrogens with one attached hydrogen (secondary N) is 1. The highest BCUT2D eigenvalue weighted by Crippen LogP contribution is 2.34. The Labute approximate surface area is 191 Å². The van der Waals surface area contributed by atoms with Crippen molar-refractivity contribution in [2.75, 3.05) is 6.61 Å². The minimum absolute atomic E-state index is 0.379. The van der Waals surface area contributed by atoms with Crippen LogP contribution in [0, 0.1) is 6.92 Å². The van der Waals surface area contributed by atoms with Gasteiger partial charge < -0.3 is 14.8 Å². The summed E-state index contributed by atoms with van der Waals surface area (Å²) in [4.78, 5) is 0. The molecule has 0 aliphatic rings. The Bertz CT molecular complexity index is 959. The van der Waals surface area contributed by atoms with Crippen LogP contribution >= 0.6 is 11.6 Å². The number of benzene rings is 3. The molecule has 0 spiro atoms. The lowest BCUT2D eigenvalue weighted by Crippen LogP contribution is -2.26. The summed E-state index contributed by atoms with van der Waals surface area (Å²) in [6, 6.07) is 23.1. The molecule has 3 nitrogen and oxygen atoms in total. The predicted octanol–water partition coefficient (Wildman–Crippen LogP) is 6.74. The molecule has 164 valence electrons. The molecule has 0 aromatic heterocycles. The topological polar surface area (TPSA) is 30.5 Å². The van der Waals surface area contributed by atoms with Crippen LogP contribution in [0.1, 0.15) is 42.5 Å². The fourth-order valence-corrected chi connectivity index (χ4v) is 3.69. The van der Waals surface area contributed by atoms with Gasteiger partial charge >= 0.3 is 0 Å². The van der Waals surface area contributed by atoms with Gasteiger partial charge in [-0.25, -0.2) is 0 Å². The first-order chi connectivity index (χ1) is 15.0. The van der Waals surface area contributed by atoms with Crippen molar-refractivity contribution in [3.8, 4) is 11.5 Å². The van der Waals surface area contributed by atoms with Crippen molar-refractivity contribution in [1.82, 2.24) is 5.32 Å². The molecular formula is C27H32ClNO2. The van der Waals surface area contributed by atoms with E-state index in [-0.39, 0.29) is 0 Å². The minimum atomic E-state index is 0.379. The number of aryl methyl sites for hydroxylation is 2. The molecule has 3 aromatic carbocycles. The van der Waals surface area contributed by atoms with Crippen molar-refractivity contribution in [3.63, 3.8) is 0 Å². The van der Waals surface area contributed by atoms with Gasteiger partial charge in [0.15, 0.2) is 11.5 Å². The SMILES string of the molecule is CCOc1cc(CNC(C)CCc2ccccc2)c(Cl)cc1OCc1cccc(C)c1. The number of hydrogen-bond acceptors (Lipinski definition) is 3. The van der Waals surface area contributed by atoms with Gasteiger partial charge in [0.2, 0.25) is 0 Å². The van der Waals surface area contributed by atoms with E-state index in [1.54, 1.807) is 0 Å². The van der Waals surface area contributed by atoms with Gasteiger partial charge in [0, 0.05) is 23.7 Å². The first kappa shape index (κ1) is 23.2. The molecule has 0 fully saturated rings. The quantitative estimate of drug-likeness (QED) is 0.360. The van der Waals surface area contributed by atoms with E-state index < -0.39 is 0 Å². The van der Waals surface area contributed by atoms with Crippen LogP contribution in [0.2, 0.25) is 5.02 Å². The third kappa shape index (κ3) is 7.30. The van der Waals surface area contributed by atoms with Crippen molar-refractivity contribution >= 4 is 11.6 Å². The third-order valence-electron chi connectivity index (χ3n) is 5.24. The Morgan fingerprint density at radius 1 is 0.903 bits per heavy atom.